The number of aryl methyl sites for hydroxylation is 2. The molecule has 0 saturated heterocycles. The SMILES string of the molecule is COc1ccc(S(=O)(=O)N(CC(=O)NCCc2ccccc2)c2cc(C)cc(C)c2)cc1OC. The Balaban J connectivity index is 1.90. The summed E-state index contributed by atoms with van der Waals surface area (Å²) in [5.41, 5.74) is 3.30. The van der Waals surface area contributed by atoms with Crippen molar-refractivity contribution in [2.24, 2.45) is 0 Å². The molecule has 7 nitrogen and oxygen atoms in total. The van der Waals surface area contributed by atoms with Gasteiger partial charge in [-0.3, -0.25) is 9.10 Å². The summed E-state index contributed by atoms with van der Waals surface area (Å²) in [5.74, 6) is 0.313. The summed E-state index contributed by atoms with van der Waals surface area (Å²) in [6.07, 6.45) is 0.651. The van der Waals surface area contributed by atoms with Crippen LogP contribution in [0.2, 0.25) is 0 Å². The molecule has 0 heterocycles. The molecule has 0 bridgehead atoms. The minimum absolute atomic E-state index is 0.00129. The highest BCUT2D eigenvalue weighted by Gasteiger charge is 2.28. The van der Waals surface area contributed by atoms with Crippen molar-refractivity contribution in [1.29, 1.82) is 0 Å². The number of nitrogens with one attached hydrogen (secondary N) is 1. The maximum absolute atomic E-state index is 13.7. The molecule has 0 unspecified atom stereocenters. The van der Waals surface area contributed by atoms with Gasteiger partial charge in [0.1, 0.15) is 6.54 Å². The lowest BCUT2D eigenvalue weighted by Gasteiger charge is -2.25. The lowest BCUT2D eigenvalue weighted by atomic mass is 10.1. The van der Waals surface area contributed by atoms with Crippen LogP contribution in [0.5, 0.6) is 11.5 Å². The third kappa shape index (κ3) is 6.08. The number of benzene rings is 3. The van der Waals surface area contributed by atoms with E-state index in [4.69, 9.17) is 9.47 Å². The molecule has 3 rings (SSSR count). The van der Waals surface area contributed by atoms with Gasteiger partial charge in [-0.15, -0.1) is 0 Å². The normalized spacial score (nSPS) is 11.1. The van der Waals surface area contributed by atoms with Gasteiger partial charge >= 0.3 is 0 Å². The summed E-state index contributed by atoms with van der Waals surface area (Å²) in [7, 11) is -1.16. The standard InChI is InChI=1S/C26H30N2O5S/c1-19-14-20(2)16-22(15-19)28(18-26(29)27-13-12-21-8-6-5-7-9-21)34(30,31)23-10-11-24(32-3)25(17-23)33-4/h5-11,14-17H,12-13,18H2,1-4H3,(H,27,29). The Hall–Kier alpha value is -3.52. The molecule has 1 N–H and O–H groups in total. The van der Waals surface area contributed by atoms with Crippen molar-refractivity contribution < 1.29 is 22.7 Å². The van der Waals surface area contributed by atoms with Crippen LogP contribution in [0.3, 0.4) is 0 Å². The molecule has 0 atom stereocenters. The summed E-state index contributed by atoms with van der Waals surface area (Å²) in [6, 6.07) is 19.6. The fraction of sp³-hybridized carbons (Fsp3) is 0.269. The number of sulfonamides is 1. The molecule has 0 aromatic heterocycles. The molecule has 0 radical (unpaired) electrons. The number of hydrogen-bond donors (Lipinski definition) is 1. The van der Waals surface area contributed by atoms with E-state index in [2.05, 4.69) is 5.32 Å². The number of hydrogen-bond acceptors (Lipinski definition) is 5. The highest BCUT2D eigenvalue weighted by Crippen LogP contribution is 2.32. The van der Waals surface area contributed by atoms with E-state index in [1.165, 1.54) is 32.4 Å². The fourth-order valence-electron chi connectivity index (χ4n) is 3.69. The molecule has 0 saturated carbocycles. The Morgan fingerprint density at radius 1 is 0.882 bits per heavy atom. The number of ether oxygens (including phenoxy) is 2. The Labute approximate surface area is 201 Å². The first-order valence-corrected chi connectivity index (χ1v) is 12.3. The van der Waals surface area contributed by atoms with Crippen LogP contribution >= 0.6 is 0 Å². The van der Waals surface area contributed by atoms with Gasteiger partial charge in [0.05, 0.1) is 24.8 Å². The quantitative estimate of drug-likeness (QED) is 0.474. The van der Waals surface area contributed by atoms with E-state index in [0.29, 0.717) is 24.4 Å². The van der Waals surface area contributed by atoms with Crippen LogP contribution in [0.15, 0.2) is 71.6 Å². The van der Waals surface area contributed by atoms with Crippen molar-refractivity contribution in [2.75, 3.05) is 31.6 Å². The van der Waals surface area contributed by atoms with Gasteiger partial charge in [-0.2, -0.15) is 0 Å². The van der Waals surface area contributed by atoms with E-state index >= 15 is 0 Å². The number of rotatable bonds is 10. The van der Waals surface area contributed by atoms with Gasteiger partial charge in [0.25, 0.3) is 10.0 Å². The van der Waals surface area contributed by atoms with Gasteiger partial charge in [0, 0.05) is 12.6 Å². The molecule has 0 spiro atoms. The first-order valence-electron chi connectivity index (χ1n) is 10.9. The molecule has 0 fully saturated rings. The number of methoxy groups -OCH3 is 2. The lowest BCUT2D eigenvalue weighted by molar-refractivity contribution is -0.119. The molecule has 34 heavy (non-hydrogen) atoms. The predicted molar refractivity (Wildman–Crippen MR) is 133 cm³/mol. The molecule has 3 aromatic rings. The third-order valence-electron chi connectivity index (χ3n) is 5.30. The zero-order chi connectivity index (χ0) is 24.7. The molecular formula is C26H30N2O5S. The Kier molecular flexibility index (Phi) is 8.17. The molecule has 0 aliphatic heterocycles. The first kappa shape index (κ1) is 25.1. The van der Waals surface area contributed by atoms with Gasteiger partial charge in [0.15, 0.2) is 11.5 Å². The van der Waals surface area contributed by atoms with Gasteiger partial charge in [-0.1, -0.05) is 36.4 Å². The smallest absolute Gasteiger partial charge is 0.264 e. The van der Waals surface area contributed by atoms with Crippen molar-refractivity contribution in [3.63, 3.8) is 0 Å². The molecule has 180 valence electrons. The maximum atomic E-state index is 13.7. The molecule has 0 aliphatic rings. The van der Waals surface area contributed by atoms with E-state index in [1.807, 2.05) is 50.2 Å². The second-order valence-corrected chi connectivity index (χ2v) is 9.82. The van der Waals surface area contributed by atoms with Crippen LogP contribution in [0.25, 0.3) is 0 Å². The molecule has 1 amide bonds. The van der Waals surface area contributed by atoms with E-state index in [-0.39, 0.29) is 23.1 Å². The minimum Gasteiger partial charge on any atom is -0.493 e. The van der Waals surface area contributed by atoms with Gasteiger partial charge in [-0.25, -0.2) is 8.42 Å². The predicted octanol–water partition coefficient (Wildman–Crippen LogP) is 3.87. The lowest BCUT2D eigenvalue weighted by Crippen LogP contribution is -2.41. The second-order valence-electron chi connectivity index (χ2n) is 7.96. The first-order chi connectivity index (χ1) is 16.2. The number of anilines is 1. The maximum Gasteiger partial charge on any atom is 0.264 e. The summed E-state index contributed by atoms with van der Waals surface area (Å²) in [5, 5.41) is 2.84. The molecule has 0 aliphatic carbocycles. The third-order valence-corrected chi connectivity index (χ3v) is 7.07. The van der Waals surface area contributed by atoms with Crippen LogP contribution in [0.4, 0.5) is 5.69 Å². The average Bonchev–Trinajstić information content (AvgIpc) is 2.82. The highest BCUT2D eigenvalue weighted by molar-refractivity contribution is 7.92. The monoisotopic (exact) mass is 482 g/mol. The van der Waals surface area contributed by atoms with Crippen LogP contribution in [-0.2, 0) is 21.2 Å². The van der Waals surface area contributed by atoms with Gasteiger partial charge in [-0.05, 0) is 61.2 Å². The summed E-state index contributed by atoms with van der Waals surface area (Å²) in [6.45, 7) is 3.82. The zero-order valence-corrected chi connectivity index (χ0v) is 20.7. The van der Waals surface area contributed by atoms with Crippen LogP contribution in [0.1, 0.15) is 16.7 Å². The fourth-order valence-corrected chi connectivity index (χ4v) is 5.11. The van der Waals surface area contributed by atoms with Crippen molar-refractivity contribution in [1.82, 2.24) is 5.32 Å². The topological polar surface area (TPSA) is 84.9 Å². The Bertz CT molecular complexity index is 1220. The Morgan fingerprint density at radius 2 is 1.53 bits per heavy atom. The van der Waals surface area contributed by atoms with Crippen LogP contribution in [0, 0.1) is 13.8 Å². The molecular weight excluding hydrogens is 452 g/mol. The summed E-state index contributed by atoms with van der Waals surface area (Å²) >= 11 is 0. The van der Waals surface area contributed by atoms with Crippen molar-refractivity contribution in [3.05, 3.63) is 83.4 Å². The van der Waals surface area contributed by atoms with Gasteiger partial charge in [0.2, 0.25) is 5.91 Å². The van der Waals surface area contributed by atoms with Crippen molar-refractivity contribution in [2.45, 2.75) is 25.2 Å². The highest BCUT2D eigenvalue weighted by atomic mass is 32.2. The summed E-state index contributed by atoms with van der Waals surface area (Å²) in [4.78, 5) is 12.8. The minimum atomic E-state index is -4.08. The number of carbonyl (C=O) groups excluding carboxylic acids is 1. The number of nitrogens with zero attached hydrogens (tertiary/aromatic N) is 1. The van der Waals surface area contributed by atoms with E-state index < -0.39 is 10.0 Å². The number of amides is 1. The molecule has 8 heteroatoms. The van der Waals surface area contributed by atoms with Crippen molar-refractivity contribution in [3.8, 4) is 11.5 Å². The van der Waals surface area contributed by atoms with Crippen LogP contribution in [-0.4, -0.2) is 41.6 Å². The zero-order valence-electron chi connectivity index (χ0n) is 19.9. The van der Waals surface area contributed by atoms with E-state index in [1.54, 1.807) is 12.1 Å². The average molecular weight is 483 g/mol. The van der Waals surface area contributed by atoms with E-state index in [0.717, 1.165) is 21.0 Å². The second kappa shape index (κ2) is 11.1. The van der Waals surface area contributed by atoms with Gasteiger partial charge < -0.3 is 14.8 Å². The largest absolute Gasteiger partial charge is 0.493 e. The summed E-state index contributed by atoms with van der Waals surface area (Å²) < 4.78 is 39.1. The van der Waals surface area contributed by atoms with Crippen molar-refractivity contribution >= 4 is 21.6 Å². The number of carbonyl (C=O) groups is 1. The Morgan fingerprint density at radius 3 is 2.15 bits per heavy atom. The molecule has 3 aromatic carbocycles. The van der Waals surface area contributed by atoms with Crippen LogP contribution < -0.4 is 19.1 Å². The van der Waals surface area contributed by atoms with E-state index in [9.17, 15) is 13.2 Å².